The summed E-state index contributed by atoms with van der Waals surface area (Å²) in [6, 6.07) is 69.4. The van der Waals surface area contributed by atoms with Gasteiger partial charge in [-0.2, -0.15) is 0 Å². The Morgan fingerprint density at radius 1 is 0.250 bits per heavy atom. The average Bonchev–Trinajstić information content (AvgIpc) is 3.23. The maximum absolute atomic E-state index is 5.12. The zero-order valence-electron chi connectivity index (χ0n) is 28.4. The molecule has 52 heavy (non-hydrogen) atoms. The molecular formula is C50H32N2. The van der Waals surface area contributed by atoms with E-state index in [9.17, 15) is 0 Å². The summed E-state index contributed by atoms with van der Waals surface area (Å²) < 4.78 is 0. The van der Waals surface area contributed by atoms with Crippen molar-refractivity contribution in [1.82, 2.24) is 9.97 Å². The summed E-state index contributed by atoms with van der Waals surface area (Å²) >= 11 is 0. The zero-order chi connectivity index (χ0) is 34.4. The van der Waals surface area contributed by atoms with Crippen molar-refractivity contribution in [3.8, 4) is 56.2 Å². The average molecular weight is 661 g/mol. The third kappa shape index (κ3) is 5.30. The quantitative estimate of drug-likeness (QED) is 0.136. The molecule has 0 unspecified atom stereocenters. The van der Waals surface area contributed by atoms with Crippen LogP contribution in [0, 0.1) is 0 Å². The molecule has 2 heteroatoms. The highest BCUT2D eigenvalue weighted by Crippen LogP contribution is 2.40. The number of hydrogen-bond acceptors (Lipinski definition) is 2. The summed E-state index contributed by atoms with van der Waals surface area (Å²) in [5.41, 5.74) is 9.69. The predicted molar refractivity (Wildman–Crippen MR) is 219 cm³/mol. The van der Waals surface area contributed by atoms with Gasteiger partial charge in [0.1, 0.15) is 0 Å². The van der Waals surface area contributed by atoms with E-state index in [2.05, 4.69) is 176 Å². The molecule has 0 radical (unpaired) electrons. The second kappa shape index (κ2) is 12.5. The molecule has 9 aromatic carbocycles. The Bertz CT molecular complexity index is 2930. The van der Waals surface area contributed by atoms with Gasteiger partial charge in [-0.25, -0.2) is 9.97 Å². The number of aromatic nitrogens is 2. The van der Waals surface area contributed by atoms with Crippen LogP contribution in [0.5, 0.6) is 0 Å². The summed E-state index contributed by atoms with van der Waals surface area (Å²) in [5.74, 6) is 0.711. The fraction of sp³-hybridized carbons (Fsp3) is 0. The number of hydrogen-bond donors (Lipinski definition) is 0. The first-order chi connectivity index (χ1) is 25.7. The van der Waals surface area contributed by atoms with Crippen molar-refractivity contribution in [2.45, 2.75) is 0 Å². The molecule has 0 aliphatic rings. The van der Waals surface area contributed by atoms with Gasteiger partial charge in [-0.05, 0) is 83.5 Å². The normalized spacial score (nSPS) is 11.5. The fourth-order valence-corrected chi connectivity index (χ4v) is 7.60. The molecule has 1 heterocycles. The van der Waals surface area contributed by atoms with E-state index in [1.54, 1.807) is 0 Å². The van der Waals surface area contributed by atoms with E-state index in [1.807, 2.05) is 18.2 Å². The van der Waals surface area contributed by atoms with Gasteiger partial charge in [0.25, 0.3) is 0 Å². The topological polar surface area (TPSA) is 25.8 Å². The van der Waals surface area contributed by atoms with Crippen molar-refractivity contribution < 1.29 is 0 Å². The third-order valence-electron chi connectivity index (χ3n) is 10.3. The van der Waals surface area contributed by atoms with Crippen LogP contribution in [0.25, 0.3) is 99.2 Å². The lowest BCUT2D eigenvalue weighted by Crippen LogP contribution is -1.96. The molecule has 0 saturated heterocycles. The molecular weight excluding hydrogens is 629 g/mol. The molecule has 0 N–H and O–H groups in total. The molecule has 0 amide bonds. The molecule has 10 rings (SSSR count). The molecule has 10 aromatic rings. The second-order valence-corrected chi connectivity index (χ2v) is 13.4. The molecule has 0 spiro atoms. The first-order valence-electron chi connectivity index (χ1n) is 17.7. The number of fused-ring (bicyclic) bond motifs is 5. The maximum Gasteiger partial charge on any atom is 0.160 e. The molecule has 2 nitrogen and oxygen atoms in total. The molecule has 1 aromatic heterocycles. The highest BCUT2D eigenvalue weighted by Gasteiger charge is 2.15. The van der Waals surface area contributed by atoms with Gasteiger partial charge >= 0.3 is 0 Å². The van der Waals surface area contributed by atoms with E-state index in [-0.39, 0.29) is 0 Å². The smallest absolute Gasteiger partial charge is 0.160 e. The molecule has 0 aliphatic heterocycles. The van der Waals surface area contributed by atoms with Gasteiger partial charge in [0, 0.05) is 16.7 Å². The van der Waals surface area contributed by atoms with E-state index in [4.69, 9.17) is 9.97 Å². The fourth-order valence-electron chi connectivity index (χ4n) is 7.60. The first kappa shape index (κ1) is 30.0. The van der Waals surface area contributed by atoms with Gasteiger partial charge in [0.05, 0.1) is 11.4 Å². The minimum Gasteiger partial charge on any atom is -0.228 e. The molecule has 0 atom stereocenters. The van der Waals surface area contributed by atoms with E-state index in [1.165, 1.54) is 65.3 Å². The Labute approximate surface area is 302 Å². The second-order valence-electron chi connectivity index (χ2n) is 13.4. The summed E-state index contributed by atoms with van der Waals surface area (Å²) in [4.78, 5) is 10.2. The number of rotatable bonds is 5. The number of nitrogens with zero attached hydrogens (tertiary/aromatic N) is 2. The van der Waals surface area contributed by atoms with Crippen LogP contribution >= 0.6 is 0 Å². The van der Waals surface area contributed by atoms with Gasteiger partial charge < -0.3 is 0 Å². The highest BCUT2D eigenvalue weighted by molar-refractivity contribution is 6.20. The van der Waals surface area contributed by atoms with Crippen molar-refractivity contribution in [2.75, 3.05) is 0 Å². The summed E-state index contributed by atoms with van der Waals surface area (Å²) in [6.07, 6.45) is 0. The van der Waals surface area contributed by atoms with Crippen molar-refractivity contribution in [3.05, 3.63) is 194 Å². The van der Waals surface area contributed by atoms with E-state index in [0.29, 0.717) is 5.82 Å². The van der Waals surface area contributed by atoms with E-state index >= 15 is 0 Å². The minimum atomic E-state index is 0.711. The Kier molecular flexibility index (Phi) is 7.18. The lowest BCUT2D eigenvalue weighted by atomic mass is 9.89. The van der Waals surface area contributed by atoms with Gasteiger partial charge in [0.2, 0.25) is 0 Å². The van der Waals surface area contributed by atoms with E-state index < -0.39 is 0 Å². The molecule has 0 aliphatic carbocycles. The van der Waals surface area contributed by atoms with Gasteiger partial charge in [-0.15, -0.1) is 0 Å². The molecule has 242 valence electrons. The van der Waals surface area contributed by atoms with Crippen LogP contribution in [-0.2, 0) is 0 Å². The minimum absolute atomic E-state index is 0.711. The predicted octanol–water partition coefficient (Wildman–Crippen LogP) is 13.4. The monoisotopic (exact) mass is 660 g/mol. The van der Waals surface area contributed by atoms with Crippen LogP contribution in [-0.4, -0.2) is 9.97 Å². The van der Waals surface area contributed by atoms with Gasteiger partial charge in [-0.3, -0.25) is 0 Å². The Balaban J connectivity index is 1.07. The zero-order valence-corrected chi connectivity index (χ0v) is 28.4. The number of benzene rings is 9. The van der Waals surface area contributed by atoms with Crippen molar-refractivity contribution in [2.24, 2.45) is 0 Å². The Hall–Kier alpha value is -6.90. The molecule has 0 fully saturated rings. The van der Waals surface area contributed by atoms with Crippen LogP contribution in [0.2, 0.25) is 0 Å². The van der Waals surface area contributed by atoms with Crippen LogP contribution in [0.3, 0.4) is 0 Å². The lowest BCUT2D eigenvalue weighted by molar-refractivity contribution is 1.18. The Morgan fingerprint density at radius 3 is 1.52 bits per heavy atom. The molecule has 0 bridgehead atoms. The SMILES string of the molecule is c1ccc(-c2nc(-c3ccc(-c4ccc5ccccc5c4)cc3)cc(-c3ccc(-c4c5ccccc5cc5c4ccc4ccccc45)cc3)n2)cc1. The van der Waals surface area contributed by atoms with Crippen LogP contribution in [0.1, 0.15) is 0 Å². The standard InChI is InChI=1S/C50H32N2/c1-2-12-39(13-3-1)50-51-47(36-21-18-34(19-22-36)41-27-20-33-10-4-5-14-40(33)30-41)32-48(52-50)37-23-25-38(26-24-37)49-44-17-9-7-15-42(44)31-46-43-16-8-6-11-35(43)28-29-45(46)49/h1-32H. The summed E-state index contributed by atoms with van der Waals surface area (Å²) in [5, 5.41) is 10.0. The first-order valence-corrected chi connectivity index (χ1v) is 17.7. The molecule has 0 saturated carbocycles. The van der Waals surface area contributed by atoms with Gasteiger partial charge in [0.15, 0.2) is 5.82 Å². The third-order valence-corrected chi connectivity index (χ3v) is 10.3. The summed E-state index contributed by atoms with van der Waals surface area (Å²) in [6.45, 7) is 0. The Morgan fingerprint density at radius 2 is 0.788 bits per heavy atom. The van der Waals surface area contributed by atoms with Crippen molar-refractivity contribution in [1.29, 1.82) is 0 Å². The van der Waals surface area contributed by atoms with Crippen molar-refractivity contribution in [3.63, 3.8) is 0 Å². The van der Waals surface area contributed by atoms with Crippen LogP contribution < -0.4 is 0 Å². The highest BCUT2D eigenvalue weighted by atomic mass is 14.9. The maximum atomic E-state index is 5.12. The lowest BCUT2D eigenvalue weighted by Gasteiger charge is -2.15. The largest absolute Gasteiger partial charge is 0.228 e. The summed E-state index contributed by atoms with van der Waals surface area (Å²) in [7, 11) is 0. The van der Waals surface area contributed by atoms with Crippen LogP contribution in [0.15, 0.2) is 194 Å². The van der Waals surface area contributed by atoms with Crippen molar-refractivity contribution >= 4 is 43.1 Å². The van der Waals surface area contributed by atoms with E-state index in [0.717, 1.165) is 28.1 Å². The van der Waals surface area contributed by atoms with Crippen LogP contribution in [0.4, 0.5) is 0 Å². The van der Waals surface area contributed by atoms with Gasteiger partial charge in [-0.1, -0.05) is 176 Å².